The van der Waals surface area contributed by atoms with Crippen LogP contribution < -0.4 is 5.32 Å². The molecule has 1 aliphatic rings. The summed E-state index contributed by atoms with van der Waals surface area (Å²) in [6.45, 7) is 4.46. The number of aromatic nitrogens is 2. The summed E-state index contributed by atoms with van der Waals surface area (Å²) in [5, 5.41) is 7.53. The van der Waals surface area contributed by atoms with E-state index in [1.54, 1.807) is 6.08 Å². The Morgan fingerprint density at radius 1 is 1.16 bits per heavy atom. The molecule has 2 aromatic heterocycles. The standard InChI is InChI=1S/C25H28N4O2/c1-3-21-8-4-6-16-28(21)24(31)15-14-22-23-9-5-7-17-29(23)27-25(22)19-10-12-20(13-11-19)26-18(2)30/h5,7,9-15,17,21H,3-4,6,8,16H2,1-2H3,(H,26,30). The second kappa shape index (κ2) is 9.16. The van der Waals surface area contributed by atoms with Gasteiger partial charge in [-0.2, -0.15) is 5.10 Å². The zero-order chi connectivity index (χ0) is 21.8. The van der Waals surface area contributed by atoms with Gasteiger partial charge in [-0.15, -0.1) is 0 Å². The Morgan fingerprint density at radius 3 is 2.71 bits per heavy atom. The highest BCUT2D eigenvalue weighted by molar-refractivity contribution is 5.95. The Kier molecular flexibility index (Phi) is 6.16. The van der Waals surface area contributed by atoms with E-state index in [2.05, 4.69) is 12.2 Å². The number of carbonyl (C=O) groups is 2. The maximum atomic E-state index is 13.0. The summed E-state index contributed by atoms with van der Waals surface area (Å²) in [6, 6.07) is 13.8. The molecule has 6 heteroatoms. The van der Waals surface area contributed by atoms with E-state index in [1.807, 2.05) is 64.2 Å². The molecule has 160 valence electrons. The van der Waals surface area contributed by atoms with Crippen LogP contribution in [0.4, 0.5) is 5.69 Å². The van der Waals surface area contributed by atoms with E-state index in [0.29, 0.717) is 6.04 Å². The van der Waals surface area contributed by atoms with Gasteiger partial charge < -0.3 is 10.2 Å². The highest BCUT2D eigenvalue weighted by Crippen LogP contribution is 2.29. The number of nitrogens with zero attached hydrogens (tertiary/aromatic N) is 3. The molecule has 1 unspecified atom stereocenters. The number of rotatable bonds is 5. The van der Waals surface area contributed by atoms with Crippen LogP contribution in [0, 0.1) is 0 Å². The first-order valence-corrected chi connectivity index (χ1v) is 10.9. The van der Waals surface area contributed by atoms with Gasteiger partial charge in [0.25, 0.3) is 0 Å². The number of anilines is 1. The lowest BCUT2D eigenvalue weighted by molar-refractivity contribution is -0.129. The van der Waals surface area contributed by atoms with Gasteiger partial charge in [-0.05, 0) is 56.0 Å². The molecule has 2 amide bonds. The first-order valence-electron chi connectivity index (χ1n) is 10.9. The van der Waals surface area contributed by atoms with Crippen molar-refractivity contribution in [3.8, 4) is 11.3 Å². The van der Waals surface area contributed by atoms with E-state index in [9.17, 15) is 9.59 Å². The summed E-state index contributed by atoms with van der Waals surface area (Å²) >= 11 is 0. The minimum absolute atomic E-state index is 0.0637. The van der Waals surface area contributed by atoms with E-state index in [1.165, 1.54) is 13.3 Å². The van der Waals surface area contributed by atoms with Gasteiger partial charge >= 0.3 is 0 Å². The van der Waals surface area contributed by atoms with Gasteiger partial charge in [0.05, 0.1) is 5.52 Å². The van der Waals surface area contributed by atoms with Crippen LogP contribution in [0.15, 0.2) is 54.7 Å². The number of hydrogen-bond acceptors (Lipinski definition) is 3. The first-order chi connectivity index (χ1) is 15.1. The van der Waals surface area contributed by atoms with Crippen molar-refractivity contribution in [1.29, 1.82) is 0 Å². The number of likely N-dealkylation sites (tertiary alicyclic amines) is 1. The summed E-state index contributed by atoms with van der Waals surface area (Å²) in [5.74, 6) is -0.0421. The van der Waals surface area contributed by atoms with Gasteiger partial charge in [-0.3, -0.25) is 9.59 Å². The molecular weight excluding hydrogens is 388 g/mol. The van der Waals surface area contributed by atoms with Gasteiger partial charge in [0.15, 0.2) is 0 Å². The molecule has 6 nitrogen and oxygen atoms in total. The summed E-state index contributed by atoms with van der Waals surface area (Å²) in [4.78, 5) is 26.3. The molecule has 4 rings (SSSR count). The van der Waals surface area contributed by atoms with Crippen molar-refractivity contribution in [3.63, 3.8) is 0 Å². The van der Waals surface area contributed by atoms with Crippen molar-refractivity contribution in [2.75, 3.05) is 11.9 Å². The largest absolute Gasteiger partial charge is 0.336 e. The highest BCUT2D eigenvalue weighted by atomic mass is 16.2. The predicted octanol–water partition coefficient (Wildman–Crippen LogP) is 4.76. The molecule has 0 bridgehead atoms. The number of pyridine rings is 1. The summed E-state index contributed by atoms with van der Waals surface area (Å²) < 4.78 is 1.83. The average molecular weight is 417 g/mol. The molecular formula is C25H28N4O2. The fourth-order valence-electron chi connectivity index (χ4n) is 4.28. The number of benzene rings is 1. The van der Waals surface area contributed by atoms with Crippen molar-refractivity contribution in [2.24, 2.45) is 0 Å². The van der Waals surface area contributed by atoms with Crippen LogP contribution >= 0.6 is 0 Å². The molecule has 1 aromatic carbocycles. The molecule has 1 N–H and O–H groups in total. The number of nitrogens with one attached hydrogen (secondary N) is 1. The van der Waals surface area contributed by atoms with E-state index in [0.717, 1.165) is 53.8 Å². The maximum absolute atomic E-state index is 13.0. The van der Waals surface area contributed by atoms with Gasteiger partial charge in [-0.25, -0.2) is 4.52 Å². The molecule has 0 saturated carbocycles. The van der Waals surface area contributed by atoms with E-state index in [4.69, 9.17) is 5.10 Å². The van der Waals surface area contributed by atoms with Crippen LogP contribution in [0.5, 0.6) is 0 Å². The van der Waals surface area contributed by atoms with Gasteiger partial charge in [-0.1, -0.05) is 25.1 Å². The maximum Gasteiger partial charge on any atom is 0.246 e. The molecule has 0 radical (unpaired) electrons. The molecule has 3 heterocycles. The number of amides is 2. The zero-order valence-electron chi connectivity index (χ0n) is 18.0. The topological polar surface area (TPSA) is 66.7 Å². The predicted molar refractivity (Wildman–Crippen MR) is 124 cm³/mol. The number of fused-ring (bicyclic) bond motifs is 1. The Hall–Kier alpha value is -3.41. The smallest absolute Gasteiger partial charge is 0.246 e. The number of carbonyl (C=O) groups excluding carboxylic acids is 2. The van der Waals surface area contributed by atoms with Gasteiger partial charge in [0.1, 0.15) is 5.69 Å². The third-order valence-electron chi connectivity index (χ3n) is 5.83. The van der Waals surface area contributed by atoms with Crippen molar-refractivity contribution < 1.29 is 9.59 Å². The lowest BCUT2D eigenvalue weighted by Crippen LogP contribution is -2.42. The normalized spacial score (nSPS) is 16.7. The third-order valence-corrected chi connectivity index (χ3v) is 5.83. The average Bonchev–Trinajstić information content (AvgIpc) is 3.16. The van der Waals surface area contributed by atoms with Crippen LogP contribution in [-0.2, 0) is 9.59 Å². The Balaban J connectivity index is 1.67. The van der Waals surface area contributed by atoms with Crippen molar-refractivity contribution in [1.82, 2.24) is 14.5 Å². The Morgan fingerprint density at radius 2 is 1.97 bits per heavy atom. The van der Waals surface area contributed by atoms with E-state index < -0.39 is 0 Å². The van der Waals surface area contributed by atoms with Gasteiger partial charge in [0.2, 0.25) is 11.8 Å². The summed E-state index contributed by atoms with van der Waals surface area (Å²) in [7, 11) is 0. The molecule has 1 fully saturated rings. The minimum Gasteiger partial charge on any atom is -0.336 e. The number of hydrogen-bond donors (Lipinski definition) is 1. The third kappa shape index (κ3) is 4.53. The van der Waals surface area contributed by atoms with E-state index >= 15 is 0 Å². The Bertz CT molecular complexity index is 1110. The lowest BCUT2D eigenvalue weighted by atomic mass is 9.99. The monoisotopic (exact) mass is 416 g/mol. The van der Waals surface area contributed by atoms with Crippen LogP contribution in [0.25, 0.3) is 22.9 Å². The van der Waals surface area contributed by atoms with Crippen molar-refractivity contribution in [3.05, 3.63) is 60.3 Å². The molecule has 3 aromatic rings. The second-order valence-corrected chi connectivity index (χ2v) is 7.97. The molecule has 1 saturated heterocycles. The molecule has 0 aliphatic carbocycles. The van der Waals surface area contributed by atoms with Crippen molar-refractivity contribution in [2.45, 2.75) is 45.6 Å². The first kappa shape index (κ1) is 20.8. The SMILES string of the molecule is CCC1CCCCN1C(=O)C=Cc1c(-c2ccc(NC(C)=O)cc2)nn2ccccc12. The van der Waals surface area contributed by atoms with Crippen LogP contribution in [0.1, 0.15) is 45.1 Å². The van der Waals surface area contributed by atoms with Crippen LogP contribution in [-0.4, -0.2) is 38.9 Å². The minimum atomic E-state index is -0.106. The number of piperidine rings is 1. The second-order valence-electron chi connectivity index (χ2n) is 7.97. The van der Waals surface area contributed by atoms with Crippen LogP contribution in [0.2, 0.25) is 0 Å². The fraction of sp³-hybridized carbons (Fsp3) is 0.320. The Labute approximate surface area is 182 Å². The molecule has 1 atom stereocenters. The zero-order valence-corrected chi connectivity index (χ0v) is 18.0. The molecule has 31 heavy (non-hydrogen) atoms. The molecule has 1 aliphatic heterocycles. The fourth-order valence-corrected chi connectivity index (χ4v) is 4.28. The summed E-state index contributed by atoms with van der Waals surface area (Å²) in [6.07, 6.45) is 9.82. The van der Waals surface area contributed by atoms with Gasteiger partial charge in [0, 0.05) is 48.6 Å². The van der Waals surface area contributed by atoms with Crippen LogP contribution in [0.3, 0.4) is 0 Å². The quantitative estimate of drug-likeness (QED) is 0.610. The lowest BCUT2D eigenvalue weighted by Gasteiger charge is -2.34. The highest BCUT2D eigenvalue weighted by Gasteiger charge is 2.24. The van der Waals surface area contributed by atoms with Crippen molar-refractivity contribution >= 4 is 29.1 Å². The summed E-state index contributed by atoms with van der Waals surface area (Å²) in [5.41, 5.74) is 4.32. The molecule has 0 spiro atoms. The van der Waals surface area contributed by atoms with E-state index in [-0.39, 0.29) is 11.8 Å².